The minimum atomic E-state index is -0.218. The second kappa shape index (κ2) is 8.18. The zero-order chi connectivity index (χ0) is 20.2. The zero-order valence-electron chi connectivity index (χ0n) is 16.2. The van der Waals surface area contributed by atoms with Gasteiger partial charge < -0.3 is 10.1 Å². The molecule has 1 N–H and O–H groups in total. The number of benzene rings is 2. The van der Waals surface area contributed by atoms with Crippen LogP contribution in [0.2, 0.25) is 0 Å². The molecule has 1 aliphatic rings. The van der Waals surface area contributed by atoms with Gasteiger partial charge in [0.25, 0.3) is 0 Å². The smallest absolute Gasteiger partial charge is 0.240 e. The number of fused-ring (bicyclic) bond motifs is 1. The Hall–Kier alpha value is -3.61. The summed E-state index contributed by atoms with van der Waals surface area (Å²) < 4.78 is 6.93. The van der Waals surface area contributed by atoms with Gasteiger partial charge >= 0.3 is 0 Å². The maximum Gasteiger partial charge on any atom is 0.240 e. The van der Waals surface area contributed by atoms with Gasteiger partial charge in [0.15, 0.2) is 0 Å². The molecule has 0 fully saturated rings. The number of aryl methyl sites for hydroxylation is 1. The van der Waals surface area contributed by atoms with Crippen LogP contribution in [0.5, 0.6) is 5.75 Å². The van der Waals surface area contributed by atoms with Crippen LogP contribution in [-0.4, -0.2) is 35.2 Å². The highest BCUT2D eigenvalue weighted by molar-refractivity contribution is 5.99. The average molecular weight is 390 g/mol. The molecule has 1 aliphatic heterocycles. The fraction of sp³-hybridized carbons (Fsp3) is 0.227. The van der Waals surface area contributed by atoms with Crippen LogP contribution in [0.15, 0.2) is 60.7 Å². The number of methoxy groups -OCH3 is 1. The van der Waals surface area contributed by atoms with Gasteiger partial charge in [-0.3, -0.25) is 14.5 Å². The number of ether oxygens (including phenoxy) is 1. The summed E-state index contributed by atoms with van der Waals surface area (Å²) in [5.74, 6) is 1.13. The van der Waals surface area contributed by atoms with Crippen molar-refractivity contribution in [1.82, 2.24) is 15.1 Å². The van der Waals surface area contributed by atoms with E-state index in [0.29, 0.717) is 25.3 Å². The van der Waals surface area contributed by atoms with Gasteiger partial charge in [-0.25, -0.2) is 4.68 Å². The lowest BCUT2D eigenvalue weighted by atomic mass is 10.1. The van der Waals surface area contributed by atoms with E-state index in [1.54, 1.807) is 11.8 Å². The van der Waals surface area contributed by atoms with Crippen molar-refractivity contribution in [3.8, 4) is 17.0 Å². The van der Waals surface area contributed by atoms with Crippen molar-refractivity contribution >= 4 is 17.6 Å². The minimum Gasteiger partial charge on any atom is -0.497 e. The van der Waals surface area contributed by atoms with Gasteiger partial charge in [-0.15, -0.1) is 0 Å². The van der Waals surface area contributed by atoms with Gasteiger partial charge in [0.2, 0.25) is 11.8 Å². The van der Waals surface area contributed by atoms with E-state index in [1.165, 1.54) is 4.90 Å². The third kappa shape index (κ3) is 4.13. The third-order valence-electron chi connectivity index (χ3n) is 4.89. The van der Waals surface area contributed by atoms with Crippen molar-refractivity contribution in [3.63, 3.8) is 0 Å². The lowest BCUT2D eigenvalue weighted by molar-refractivity contribution is -0.124. The largest absolute Gasteiger partial charge is 0.497 e. The van der Waals surface area contributed by atoms with Crippen molar-refractivity contribution in [3.05, 3.63) is 66.2 Å². The van der Waals surface area contributed by atoms with Crippen LogP contribution >= 0.6 is 0 Å². The molecular weight excluding hydrogens is 368 g/mol. The first-order valence-electron chi connectivity index (χ1n) is 9.47. The molecule has 0 radical (unpaired) electrons. The fourth-order valence-corrected chi connectivity index (χ4v) is 3.32. The molecule has 0 unspecified atom stereocenters. The van der Waals surface area contributed by atoms with Crippen molar-refractivity contribution in [1.29, 1.82) is 0 Å². The second-order valence-corrected chi connectivity index (χ2v) is 6.83. The van der Waals surface area contributed by atoms with Crippen LogP contribution in [0.4, 0.5) is 5.82 Å². The van der Waals surface area contributed by atoms with E-state index in [1.807, 2.05) is 60.7 Å². The van der Waals surface area contributed by atoms with Crippen LogP contribution in [0.25, 0.3) is 11.3 Å². The highest BCUT2D eigenvalue weighted by Crippen LogP contribution is 2.27. The summed E-state index contributed by atoms with van der Waals surface area (Å²) in [7, 11) is 1.61. The van der Waals surface area contributed by atoms with E-state index in [4.69, 9.17) is 4.74 Å². The van der Waals surface area contributed by atoms with Crippen molar-refractivity contribution < 1.29 is 14.3 Å². The Kier molecular flexibility index (Phi) is 5.29. The molecule has 7 nitrogen and oxygen atoms in total. The topological polar surface area (TPSA) is 76.5 Å². The van der Waals surface area contributed by atoms with Crippen LogP contribution in [0.3, 0.4) is 0 Å². The van der Waals surface area contributed by atoms with Gasteiger partial charge in [-0.1, -0.05) is 42.5 Å². The number of rotatable bonds is 6. The maximum atomic E-state index is 12.5. The summed E-state index contributed by atoms with van der Waals surface area (Å²) in [6.07, 6.45) is 0.328. The van der Waals surface area contributed by atoms with Gasteiger partial charge in [0.05, 0.1) is 19.3 Å². The maximum absolute atomic E-state index is 12.5. The first-order valence-corrected chi connectivity index (χ1v) is 9.47. The summed E-state index contributed by atoms with van der Waals surface area (Å²) in [5.41, 5.74) is 2.73. The number of hydrogen-bond acceptors (Lipinski definition) is 4. The highest BCUT2D eigenvalue weighted by Gasteiger charge is 2.28. The Morgan fingerprint density at radius 3 is 2.62 bits per heavy atom. The lowest BCUT2D eigenvalue weighted by Gasteiger charge is -2.26. The van der Waals surface area contributed by atoms with Crippen LogP contribution in [-0.2, 0) is 22.7 Å². The molecule has 148 valence electrons. The Morgan fingerprint density at radius 1 is 1.14 bits per heavy atom. The molecule has 0 saturated carbocycles. The van der Waals surface area contributed by atoms with E-state index in [2.05, 4.69) is 10.4 Å². The summed E-state index contributed by atoms with van der Waals surface area (Å²) in [6, 6.07) is 19.1. The number of hydrogen-bond donors (Lipinski definition) is 1. The monoisotopic (exact) mass is 390 g/mol. The van der Waals surface area contributed by atoms with E-state index >= 15 is 0 Å². The van der Waals surface area contributed by atoms with Crippen LogP contribution in [0.1, 0.15) is 12.0 Å². The molecule has 3 aromatic rings. The predicted molar refractivity (Wildman–Crippen MR) is 109 cm³/mol. The van der Waals surface area contributed by atoms with Crippen molar-refractivity contribution in [2.45, 2.75) is 19.5 Å². The van der Waals surface area contributed by atoms with Crippen molar-refractivity contribution in [2.75, 3.05) is 18.6 Å². The molecular formula is C22H22N4O3. The molecule has 7 heteroatoms. The standard InChI is InChI=1S/C22H22N4O3/c1-29-18-9-7-16(8-10-18)14-23-20(27)15-25-21-13-19(17-5-3-2-4-6-17)24-26(21)12-11-22(25)28/h2-10,13H,11-12,14-15H2,1H3,(H,23,27). The quantitative estimate of drug-likeness (QED) is 0.702. The van der Waals surface area contributed by atoms with E-state index in [-0.39, 0.29) is 18.4 Å². The molecule has 0 spiro atoms. The average Bonchev–Trinajstić information content (AvgIpc) is 3.20. The fourth-order valence-electron chi connectivity index (χ4n) is 3.32. The van der Waals surface area contributed by atoms with Crippen molar-refractivity contribution in [2.24, 2.45) is 0 Å². The normalized spacial score (nSPS) is 13.1. The Labute approximate surface area is 168 Å². The number of carbonyl (C=O) groups excluding carboxylic acids is 2. The molecule has 2 heterocycles. The summed E-state index contributed by atoms with van der Waals surface area (Å²) in [5, 5.41) is 7.47. The molecule has 4 rings (SSSR count). The molecule has 0 saturated heterocycles. The van der Waals surface area contributed by atoms with Crippen LogP contribution in [0, 0.1) is 0 Å². The third-order valence-corrected chi connectivity index (χ3v) is 4.89. The van der Waals surface area contributed by atoms with Gasteiger partial charge in [-0.2, -0.15) is 5.10 Å². The number of carbonyl (C=O) groups is 2. The first-order chi connectivity index (χ1) is 14.1. The first kappa shape index (κ1) is 18.7. The molecule has 0 atom stereocenters. The number of amides is 2. The number of aromatic nitrogens is 2. The van der Waals surface area contributed by atoms with Crippen LogP contribution < -0.4 is 15.0 Å². The lowest BCUT2D eigenvalue weighted by Crippen LogP contribution is -2.44. The summed E-state index contributed by atoms with van der Waals surface area (Å²) in [6.45, 7) is 0.874. The van der Waals surface area contributed by atoms with E-state index in [9.17, 15) is 9.59 Å². The predicted octanol–water partition coefficient (Wildman–Crippen LogP) is 2.61. The zero-order valence-corrected chi connectivity index (χ0v) is 16.2. The molecule has 2 aromatic carbocycles. The molecule has 1 aromatic heterocycles. The van der Waals surface area contributed by atoms with Gasteiger partial charge in [0.1, 0.15) is 18.1 Å². The molecule has 29 heavy (non-hydrogen) atoms. The highest BCUT2D eigenvalue weighted by atomic mass is 16.5. The number of nitrogens with one attached hydrogen (secondary N) is 1. The second-order valence-electron chi connectivity index (χ2n) is 6.83. The van der Waals surface area contributed by atoms with E-state index < -0.39 is 0 Å². The Balaban J connectivity index is 1.45. The Morgan fingerprint density at radius 2 is 1.90 bits per heavy atom. The van der Waals surface area contributed by atoms with E-state index in [0.717, 1.165) is 22.6 Å². The minimum absolute atomic E-state index is 0.0328. The number of anilines is 1. The molecule has 0 aliphatic carbocycles. The summed E-state index contributed by atoms with van der Waals surface area (Å²) in [4.78, 5) is 26.5. The SMILES string of the molecule is COc1ccc(CNC(=O)CN2C(=O)CCn3nc(-c4ccccc4)cc32)cc1. The molecule has 2 amide bonds. The Bertz CT molecular complexity index is 1010. The van der Waals surface area contributed by atoms with Gasteiger partial charge in [-0.05, 0) is 17.7 Å². The van der Waals surface area contributed by atoms with Gasteiger partial charge in [0, 0.05) is 24.6 Å². The summed E-state index contributed by atoms with van der Waals surface area (Å²) >= 11 is 0. The molecule has 0 bridgehead atoms. The number of nitrogens with zero attached hydrogens (tertiary/aromatic N) is 3.